The molecule has 0 aliphatic carbocycles. The zero-order valence-corrected chi connectivity index (χ0v) is 15.5. The highest BCUT2D eigenvalue weighted by molar-refractivity contribution is 7.80. The van der Waals surface area contributed by atoms with Crippen LogP contribution in [0.5, 0.6) is 5.75 Å². The lowest BCUT2D eigenvalue weighted by molar-refractivity contribution is 0.414. The second-order valence-electron chi connectivity index (χ2n) is 5.93. The summed E-state index contributed by atoms with van der Waals surface area (Å²) in [6.45, 7) is 0.691. The lowest BCUT2D eigenvalue weighted by Gasteiger charge is -2.22. The summed E-state index contributed by atoms with van der Waals surface area (Å²) in [5.74, 6) is 0.838. The Hall–Kier alpha value is -2.85. The molecule has 3 aromatic rings. The number of hydrogen-bond acceptors (Lipinski definition) is 2. The first-order valence-electron chi connectivity index (χ1n) is 8.53. The molecule has 0 fully saturated rings. The average molecular weight is 362 g/mol. The van der Waals surface area contributed by atoms with Gasteiger partial charge < -0.3 is 15.4 Å². The van der Waals surface area contributed by atoms with Crippen molar-refractivity contribution in [3.8, 4) is 5.75 Å². The summed E-state index contributed by atoms with van der Waals surface area (Å²) in [6.07, 6.45) is 0. The highest BCUT2D eigenvalue weighted by atomic mass is 32.1. The van der Waals surface area contributed by atoms with Gasteiger partial charge >= 0.3 is 0 Å². The van der Waals surface area contributed by atoms with Crippen molar-refractivity contribution < 1.29 is 4.74 Å². The van der Waals surface area contributed by atoms with Crippen molar-refractivity contribution in [2.75, 3.05) is 7.11 Å². The van der Waals surface area contributed by atoms with Gasteiger partial charge in [0.2, 0.25) is 0 Å². The third kappa shape index (κ3) is 4.83. The summed E-state index contributed by atoms with van der Waals surface area (Å²) in [6, 6.07) is 28.5. The molecule has 0 aliphatic heterocycles. The Morgan fingerprint density at radius 1 is 0.846 bits per heavy atom. The third-order valence-electron chi connectivity index (χ3n) is 4.15. The first-order valence-corrected chi connectivity index (χ1v) is 8.94. The Balaban J connectivity index is 1.74. The van der Waals surface area contributed by atoms with Gasteiger partial charge in [0.25, 0.3) is 0 Å². The van der Waals surface area contributed by atoms with Gasteiger partial charge in [-0.3, -0.25) is 0 Å². The number of nitrogens with one attached hydrogen (secondary N) is 2. The fraction of sp³-hybridized carbons (Fsp3) is 0.136. The maximum Gasteiger partial charge on any atom is 0.167 e. The van der Waals surface area contributed by atoms with Gasteiger partial charge in [-0.15, -0.1) is 0 Å². The molecule has 4 heteroatoms. The van der Waals surface area contributed by atoms with Gasteiger partial charge in [0.05, 0.1) is 13.2 Å². The molecule has 1 atom stereocenters. The zero-order chi connectivity index (χ0) is 18.2. The van der Waals surface area contributed by atoms with Crippen LogP contribution in [0, 0.1) is 0 Å². The van der Waals surface area contributed by atoms with Crippen LogP contribution in [0.25, 0.3) is 0 Å². The summed E-state index contributed by atoms with van der Waals surface area (Å²) in [7, 11) is 1.67. The third-order valence-corrected chi connectivity index (χ3v) is 4.42. The van der Waals surface area contributed by atoms with Gasteiger partial charge in [-0.05, 0) is 41.0 Å². The Kier molecular flexibility index (Phi) is 6.23. The number of ether oxygens (including phenoxy) is 1. The predicted molar refractivity (Wildman–Crippen MR) is 110 cm³/mol. The molecule has 0 bridgehead atoms. The molecule has 3 aromatic carbocycles. The molecule has 0 unspecified atom stereocenters. The maximum atomic E-state index is 5.53. The van der Waals surface area contributed by atoms with Crippen LogP contribution in [0.3, 0.4) is 0 Å². The minimum absolute atomic E-state index is 0.0297. The van der Waals surface area contributed by atoms with E-state index < -0.39 is 0 Å². The second kappa shape index (κ2) is 9.02. The summed E-state index contributed by atoms with van der Waals surface area (Å²) >= 11 is 5.53. The van der Waals surface area contributed by atoms with E-state index in [1.165, 1.54) is 5.56 Å². The lowest BCUT2D eigenvalue weighted by atomic mass is 9.99. The number of hydrogen-bond donors (Lipinski definition) is 2. The maximum absolute atomic E-state index is 5.53. The van der Waals surface area contributed by atoms with E-state index in [1.807, 2.05) is 48.5 Å². The van der Waals surface area contributed by atoms with Gasteiger partial charge in [0, 0.05) is 6.54 Å². The van der Waals surface area contributed by atoms with Crippen molar-refractivity contribution in [2.24, 2.45) is 0 Å². The molecule has 0 aliphatic rings. The summed E-state index contributed by atoms with van der Waals surface area (Å²) < 4.78 is 5.26. The molecule has 0 saturated heterocycles. The Labute approximate surface area is 160 Å². The summed E-state index contributed by atoms with van der Waals surface area (Å²) in [5.41, 5.74) is 3.47. The molecule has 0 radical (unpaired) electrons. The van der Waals surface area contributed by atoms with E-state index in [0.717, 1.165) is 16.9 Å². The predicted octanol–water partition coefficient (Wildman–Crippen LogP) is 4.45. The van der Waals surface area contributed by atoms with Crippen molar-refractivity contribution in [3.05, 3.63) is 102 Å². The van der Waals surface area contributed by atoms with Crippen LogP contribution in [-0.4, -0.2) is 12.2 Å². The average Bonchev–Trinajstić information content (AvgIpc) is 2.72. The largest absolute Gasteiger partial charge is 0.497 e. The van der Waals surface area contributed by atoms with Gasteiger partial charge in [0.1, 0.15) is 5.75 Å². The monoisotopic (exact) mass is 362 g/mol. The first kappa shape index (κ1) is 18.0. The van der Waals surface area contributed by atoms with Gasteiger partial charge in [-0.1, -0.05) is 72.8 Å². The van der Waals surface area contributed by atoms with Crippen molar-refractivity contribution >= 4 is 17.3 Å². The fourth-order valence-electron chi connectivity index (χ4n) is 2.76. The SMILES string of the molecule is COc1ccc([C@@H](NC(=S)NCc2ccccc2)c2ccccc2)cc1. The molecule has 0 saturated carbocycles. The summed E-state index contributed by atoms with van der Waals surface area (Å²) in [5, 5.41) is 7.35. The van der Waals surface area contributed by atoms with Crippen molar-refractivity contribution in [1.29, 1.82) is 0 Å². The molecule has 0 heterocycles. The molecular formula is C22H22N2OS. The van der Waals surface area contributed by atoms with E-state index in [4.69, 9.17) is 17.0 Å². The molecule has 26 heavy (non-hydrogen) atoms. The van der Waals surface area contributed by atoms with Gasteiger partial charge in [-0.25, -0.2) is 0 Å². The van der Waals surface area contributed by atoms with Crippen LogP contribution in [0.15, 0.2) is 84.9 Å². The topological polar surface area (TPSA) is 33.3 Å². The van der Waals surface area contributed by atoms with Gasteiger partial charge in [-0.2, -0.15) is 0 Å². The fourth-order valence-corrected chi connectivity index (χ4v) is 2.95. The number of benzene rings is 3. The van der Waals surface area contributed by atoms with Crippen LogP contribution < -0.4 is 15.4 Å². The molecule has 2 N–H and O–H groups in total. The minimum Gasteiger partial charge on any atom is -0.497 e. The van der Waals surface area contributed by atoms with Crippen molar-refractivity contribution in [1.82, 2.24) is 10.6 Å². The lowest BCUT2D eigenvalue weighted by Crippen LogP contribution is -2.37. The standard InChI is InChI=1S/C22H22N2OS/c1-25-20-14-12-19(13-15-20)21(18-10-6-3-7-11-18)24-22(26)23-16-17-8-4-2-5-9-17/h2-15,21H,16H2,1H3,(H2,23,24,26)/t21-/m0/s1. The number of thiocarbonyl (C=S) groups is 1. The zero-order valence-electron chi connectivity index (χ0n) is 14.7. The van der Waals surface area contributed by atoms with Crippen LogP contribution in [0.1, 0.15) is 22.7 Å². The molecule has 0 aromatic heterocycles. The van der Waals surface area contributed by atoms with Crippen LogP contribution in [-0.2, 0) is 6.54 Å². The molecular weight excluding hydrogens is 340 g/mol. The Morgan fingerprint density at radius 2 is 1.42 bits per heavy atom. The van der Waals surface area contributed by atoms with Crippen LogP contribution >= 0.6 is 12.2 Å². The van der Waals surface area contributed by atoms with Crippen LogP contribution in [0.2, 0.25) is 0 Å². The molecule has 3 nitrogen and oxygen atoms in total. The Morgan fingerprint density at radius 3 is 2.04 bits per heavy atom. The minimum atomic E-state index is -0.0297. The highest BCUT2D eigenvalue weighted by Crippen LogP contribution is 2.24. The van der Waals surface area contributed by atoms with Crippen molar-refractivity contribution in [2.45, 2.75) is 12.6 Å². The smallest absolute Gasteiger partial charge is 0.167 e. The van der Waals surface area contributed by atoms with E-state index in [9.17, 15) is 0 Å². The number of methoxy groups -OCH3 is 1. The van der Waals surface area contributed by atoms with Gasteiger partial charge in [0.15, 0.2) is 5.11 Å². The second-order valence-corrected chi connectivity index (χ2v) is 6.34. The van der Waals surface area contributed by atoms with Crippen molar-refractivity contribution in [3.63, 3.8) is 0 Å². The molecule has 3 rings (SSSR count). The summed E-state index contributed by atoms with van der Waals surface area (Å²) in [4.78, 5) is 0. The van der Waals surface area contributed by atoms with E-state index in [2.05, 4.69) is 47.0 Å². The number of rotatable bonds is 6. The molecule has 0 amide bonds. The van der Waals surface area contributed by atoms with E-state index in [0.29, 0.717) is 11.7 Å². The molecule has 0 spiro atoms. The quantitative estimate of drug-likeness (QED) is 0.635. The molecule has 132 valence electrons. The van der Waals surface area contributed by atoms with E-state index >= 15 is 0 Å². The Bertz CT molecular complexity index is 820. The first-order chi connectivity index (χ1) is 12.8. The highest BCUT2D eigenvalue weighted by Gasteiger charge is 2.15. The van der Waals surface area contributed by atoms with E-state index in [-0.39, 0.29) is 6.04 Å². The van der Waals surface area contributed by atoms with E-state index in [1.54, 1.807) is 7.11 Å². The van der Waals surface area contributed by atoms with Crippen LogP contribution in [0.4, 0.5) is 0 Å². The normalized spacial score (nSPS) is 11.4.